The minimum Gasteiger partial charge on any atom is -0.382 e. The molecule has 4 N–H and O–H groups in total. The summed E-state index contributed by atoms with van der Waals surface area (Å²) in [7, 11) is 0. The average molecular weight is 345 g/mol. The fourth-order valence-corrected chi connectivity index (χ4v) is 3.50. The molecule has 0 aliphatic heterocycles. The summed E-state index contributed by atoms with van der Waals surface area (Å²) in [6.07, 6.45) is 5.38. The lowest BCUT2D eigenvalue weighted by atomic mass is 9.84. The van der Waals surface area contributed by atoms with Crippen LogP contribution in [0.15, 0.2) is 18.2 Å². The molecule has 6 heteroatoms. The minimum absolute atomic E-state index is 0.420. The highest BCUT2D eigenvalue weighted by Gasteiger charge is 2.26. The van der Waals surface area contributed by atoms with Gasteiger partial charge in [-0.05, 0) is 30.5 Å². The van der Waals surface area contributed by atoms with Crippen LogP contribution >= 0.6 is 23.2 Å². The number of amides is 1. The lowest BCUT2D eigenvalue weighted by molar-refractivity contribution is -0.125. The van der Waals surface area contributed by atoms with Gasteiger partial charge in [-0.2, -0.15) is 0 Å². The topological polar surface area (TPSA) is 75.3 Å². The first-order valence-corrected chi connectivity index (χ1v) is 8.42. The summed E-state index contributed by atoms with van der Waals surface area (Å²) in [5, 5.41) is 13.6. The number of nitrogens with two attached hydrogens (primary N) is 1. The zero-order valence-corrected chi connectivity index (χ0v) is 13.9. The third-order valence-corrected chi connectivity index (χ3v) is 4.57. The van der Waals surface area contributed by atoms with Crippen molar-refractivity contribution in [2.75, 3.05) is 5.32 Å². The Labute approximate surface area is 141 Å². The molecule has 0 bridgehead atoms. The maximum atomic E-state index is 12.1. The summed E-state index contributed by atoms with van der Waals surface area (Å²) in [6, 6.07) is 4.16. The molecule has 1 aromatic carbocycles. The van der Waals surface area contributed by atoms with Gasteiger partial charge in [0.25, 0.3) is 5.91 Å². The second-order valence-electron chi connectivity index (χ2n) is 6.00. The number of hydrogen-bond acceptors (Lipinski definition) is 3. The van der Waals surface area contributed by atoms with Gasteiger partial charge >= 0.3 is 0 Å². The predicted molar refractivity (Wildman–Crippen MR) is 90.3 cm³/mol. The zero-order chi connectivity index (χ0) is 16.1. The summed E-state index contributed by atoms with van der Waals surface area (Å²) in [6.45, 7) is 0. The molecule has 2 atom stereocenters. The summed E-state index contributed by atoms with van der Waals surface area (Å²) in [5.41, 5.74) is 6.45. The molecule has 0 heterocycles. The number of anilines is 1. The fraction of sp³-hybridized carbons (Fsp3) is 0.562. The van der Waals surface area contributed by atoms with Crippen molar-refractivity contribution >= 4 is 34.8 Å². The lowest BCUT2D eigenvalue weighted by Gasteiger charge is -2.26. The van der Waals surface area contributed by atoms with Crippen molar-refractivity contribution in [3.05, 3.63) is 28.2 Å². The van der Waals surface area contributed by atoms with Crippen LogP contribution in [0.5, 0.6) is 0 Å². The monoisotopic (exact) mass is 344 g/mol. The summed E-state index contributed by atoms with van der Waals surface area (Å²) >= 11 is 11.8. The van der Waals surface area contributed by atoms with Gasteiger partial charge in [-0.3, -0.25) is 4.79 Å². The van der Waals surface area contributed by atoms with E-state index < -0.39 is 18.1 Å². The average Bonchev–Trinajstić information content (AvgIpc) is 2.46. The van der Waals surface area contributed by atoms with Crippen molar-refractivity contribution in [2.24, 2.45) is 11.7 Å². The second kappa shape index (κ2) is 8.16. The highest BCUT2D eigenvalue weighted by atomic mass is 35.5. The lowest BCUT2D eigenvalue weighted by Crippen LogP contribution is -2.44. The van der Waals surface area contributed by atoms with Gasteiger partial charge in [0.2, 0.25) is 0 Å². The van der Waals surface area contributed by atoms with E-state index >= 15 is 0 Å². The number of aliphatic hydroxyl groups is 1. The maximum absolute atomic E-state index is 12.1. The normalized spacial score (nSPS) is 18.7. The van der Waals surface area contributed by atoms with Crippen LogP contribution in [0.3, 0.4) is 0 Å². The molecule has 0 spiro atoms. The van der Waals surface area contributed by atoms with Gasteiger partial charge in [0.05, 0.1) is 0 Å². The van der Waals surface area contributed by atoms with Crippen molar-refractivity contribution in [2.45, 2.75) is 50.7 Å². The zero-order valence-electron chi connectivity index (χ0n) is 12.4. The molecule has 1 unspecified atom stereocenters. The molecule has 0 radical (unpaired) electrons. The van der Waals surface area contributed by atoms with E-state index in [1.165, 1.54) is 19.3 Å². The standard InChI is InChI=1S/C16H22Cl2N2O2/c17-11-7-12(18)9-13(8-11)20-16(22)15(21)14(19)6-10-4-2-1-3-5-10/h7-10,14-15,21H,1-6,19H2,(H,20,22)/t14-,15?/m1/s1. The van der Waals surface area contributed by atoms with Crippen LogP contribution in [0.2, 0.25) is 10.0 Å². The molecule has 2 rings (SSSR count). The van der Waals surface area contributed by atoms with Crippen molar-refractivity contribution < 1.29 is 9.90 Å². The first-order chi connectivity index (χ1) is 10.5. The number of nitrogens with one attached hydrogen (secondary N) is 1. The molecular weight excluding hydrogens is 323 g/mol. The molecule has 1 fully saturated rings. The SMILES string of the molecule is N[C@H](CC1CCCCC1)C(O)C(=O)Nc1cc(Cl)cc(Cl)c1. The first kappa shape index (κ1) is 17.5. The van der Waals surface area contributed by atoms with Crippen LogP contribution < -0.4 is 11.1 Å². The molecule has 122 valence electrons. The molecule has 22 heavy (non-hydrogen) atoms. The number of carbonyl (C=O) groups excluding carboxylic acids is 1. The van der Waals surface area contributed by atoms with E-state index in [2.05, 4.69) is 5.32 Å². The van der Waals surface area contributed by atoms with E-state index in [-0.39, 0.29) is 0 Å². The first-order valence-electron chi connectivity index (χ1n) is 7.66. The Bertz CT molecular complexity index is 499. The Balaban J connectivity index is 1.90. The van der Waals surface area contributed by atoms with Gasteiger partial charge in [0.1, 0.15) is 6.10 Å². The van der Waals surface area contributed by atoms with Gasteiger partial charge in [-0.15, -0.1) is 0 Å². The van der Waals surface area contributed by atoms with Crippen molar-refractivity contribution in [3.8, 4) is 0 Å². The Morgan fingerprint density at radius 1 is 1.23 bits per heavy atom. The Morgan fingerprint density at radius 3 is 2.41 bits per heavy atom. The van der Waals surface area contributed by atoms with Gasteiger partial charge in [0.15, 0.2) is 0 Å². The Hall–Kier alpha value is -0.810. The summed E-state index contributed by atoms with van der Waals surface area (Å²) in [5.74, 6) is -0.0199. The molecule has 1 aliphatic carbocycles. The Kier molecular flexibility index (Phi) is 6.50. The third-order valence-electron chi connectivity index (χ3n) is 4.13. The van der Waals surface area contributed by atoms with Crippen LogP contribution in [-0.4, -0.2) is 23.2 Å². The maximum Gasteiger partial charge on any atom is 0.254 e. The molecule has 1 saturated carbocycles. The predicted octanol–water partition coefficient (Wildman–Crippen LogP) is 3.59. The van der Waals surface area contributed by atoms with E-state index in [1.807, 2.05) is 0 Å². The minimum atomic E-state index is -1.24. The quantitative estimate of drug-likeness (QED) is 0.763. The van der Waals surface area contributed by atoms with Crippen molar-refractivity contribution in [1.82, 2.24) is 0 Å². The van der Waals surface area contributed by atoms with Crippen LogP contribution in [0.1, 0.15) is 38.5 Å². The molecule has 4 nitrogen and oxygen atoms in total. The highest BCUT2D eigenvalue weighted by molar-refractivity contribution is 6.35. The van der Waals surface area contributed by atoms with Gasteiger partial charge in [-0.1, -0.05) is 55.3 Å². The third kappa shape index (κ3) is 5.13. The summed E-state index contributed by atoms with van der Waals surface area (Å²) in [4.78, 5) is 12.1. The van der Waals surface area contributed by atoms with E-state index in [1.54, 1.807) is 18.2 Å². The van der Waals surface area contributed by atoms with Crippen LogP contribution in [0, 0.1) is 5.92 Å². The number of aliphatic hydroxyl groups excluding tert-OH is 1. The van der Waals surface area contributed by atoms with Gasteiger partial charge in [-0.25, -0.2) is 0 Å². The molecule has 1 amide bonds. The smallest absolute Gasteiger partial charge is 0.254 e. The van der Waals surface area contributed by atoms with Crippen molar-refractivity contribution in [3.63, 3.8) is 0 Å². The Morgan fingerprint density at radius 2 is 1.82 bits per heavy atom. The number of halogens is 2. The van der Waals surface area contributed by atoms with E-state index in [9.17, 15) is 9.90 Å². The number of hydrogen-bond donors (Lipinski definition) is 3. The molecule has 0 saturated heterocycles. The highest BCUT2D eigenvalue weighted by Crippen LogP contribution is 2.28. The fourth-order valence-electron chi connectivity index (χ4n) is 2.97. The van der Waals surface area contributed by atoms with Crippen LogP contribution in [-0.2, 0) is 4.79 Å². The van der Waals surface area contributed by atoms with Gasteiger partial charge < -0.3 is 16.2 Å². The van der Waals surface area contributed by atoms with E-state index in [0.717, 1.165) is 12.8 Å². The number of carbonyl (C=O) groups is 1. The van der Waals surface area contributed by atoms with E-state index in [4.69, 9.17) is 28.9 Å². The molecule has 1 aliphatic rings. The molecule has 1 aromatic rings. The molecule has 0 aromatic heterocycles. The van der Waals surface area contributed by atoms with Gasteiger partial charge in [0, 0.05) is 21.8 Å². The largest absolute Gasteiger partial charge is 0.382 e. The van der Waals surface area contributed by atoms with Crippen LogP contribution in [0.4, 0.5) is 5.69 Å². The van der Waals surface area contributed by atoms with Crippen molar-refractivity contribution in [1.29, 1.82) is 0 Å². The van der Waals surface area contributed by atoms with E-state index in [0.29, 0.717) is 28.1 Å². The van der Waals surface area contributed by atoms with Crippen LogP contribution in [0.25, 0.3) is 0 Å². The summed E-state index contributed by atoms with van der Waals surface area (Å²) < 4.78 is 0. The number of rotatable bonds is 5. The number of benzene rings is 1. The molecular formula is C16H22Cl2N2O2. The second-order valence-corrected chi connectivity index (χ2v) is 6.87.